The number of carbonyl (C=O) groups is 1. The van der Waals surface area contributed by atoms with Gasteiger partial charge in [0.1, 0.15) is 18.0 Å². The summed E-state index contributed by atoms with van der Waals surface area (Å²) in [5, 5.41) is 4.80. The third kappa shape index (κ3) is 5.84. The minimum Gasteiger partial charge on any atom is -0.490 e. The first-order valence-corrected chi connectivity index (χ1v) is 11.9. The minimum atomic E-state index is -0.476. The number of ether oxygens (including phenoxy) is 2. The summed E-state index contributed by atoms with van der Waals surface area (Å²) >= 11 is 6.84. The number of hydrogen-bond donors (Lipinski definition) is 1. The minimum absolute atomic E-state index is 0.141. The normalized spacial score (nSPS) is 11.2. The molecular weight excluding hydrogens is 571 g/mol. The molecule has 4 aromatic rings. The fourth-order valence-electron chi connectivity index (χ4n) is 3.19. The number of carbonyl (C=O) groups excluding carboxylic acids is 1. The molecule has 174 valence electrons. The number of amides is 1. The highest BCUT2D eigenvalue weighted by molar-refractivity contribution is 9.11. The maximum absolute atomic E-state index is 13.4. The first-order valence-electron chi connectivity index (χ1n) is 10.3. The highest BCUT2D eigenvalue weighted by Crippen LogP contribution is 2.31. The third-order valence-electron chi connectivity index (χ3n) is 4.69. The second-order valence-electron chi connectivity index (χ2n) is 7.17. The topological polar surface area (TPSA) is 73.1 Å². The quantitative estimate of drug-likeness (QED) is 0.180. The van der Waals surface area contributed by atoms with E-state index in [0.29, 0.717) is 34.8 Å². The molecule has 1 aromatic heterocycles. The standard InChI is InChI=1S/C25H19Br2FN2O4/c1-2-32-22-9-15(6-7-21(22)33-14-16-4-3-5-19(28)8-16)13-29-30-25(31)23-11-17-10-18(26)12-20(27)24(17)34-23/h3-13H,2,14H2,1H3,(H,30,31)/b29-13-. The summed E-state index contributed by atoms with van der Waals surface area (Å²) in [5.41, 5.74) is 4.44. The Balaban J connectivity index is 1.43. The van der Waals surface area contributed by atoms with Gasteiger partial charge in [0, 0.05) is 9.86 Å². The summed E-state index contributed by atoms with van der Waals surface area (Å²) < 4.78 is 32.1. The highest BCUT2D eigenvalue weighted by Gasteiger charge is 2.14. The first kappa shape index (κ1) is 24.0. The molecule has 1 N–H and O–H groups in total. The van der Waals surface area contributed by atoms with Crippen molar-refractivity contribution in [1.82, 2.24) is 5.43 Å². The maximum Gasteiger partial charge on any atom is 0.307 e. The lowest BCUT2D eigenvalue weighted by Gasteiger charge is -2.12. The Hall–Kier alpha value is -3.17. The number of nitrogens with zero attached hydrogens (tertiary/aromatic N) is 1. The van der Waals surface area contributed by atoms with E-state index in [0.717, 1.165) is 14.3 Å². The molecule has 0 saturated carbocycles. The van der Waals surface area contributed by atoms with Crippen molar-refractivity contribution < 1.29 is 23.1 Å². The second-order valence-corrected chi connectivity index (χ2v) is 8.94. The number of nitrogens with one attached hydrogen (secondary N) is 1. The van der Waals surface area contributed by atoms with E-state index in [-0.39, 0.29) is 18.2 Å². The van der Waals surface area contributed by atoms with Crippen LogP contribution in [0, 0.1) is 5.82 Å². The van der Waals surface area contributed by atoms with E-state index in [4.69, 9.17) is 13.9 Å². The summed E-state index contributed by atoms with van der Waals surface area (Å²) in [6.07, 6.45) is 1.49. The zero-order valence-electron chi connectivity index (χ0n) is 18.0. The molecule has 9 heteroatoms. The van der Waals surface area contributed by atoms with Gasteiger partial charge in [0.2, 0.25) is 0 Å². The van der Waals surface area contributed by atoms with Crippen LogP contribution in [0.15, 0.2) is 79.1 Å². The van der Waals surface area contributed by atoms with Crippen molar-refractivity contribution in [3.8, 4) is 11.5 Å². The number of benzene rings is 3. The van der Waals surface area contributed by atoms with Crippen molar-refractivity contribution in [3.05, 3.63) is 92.3 Å². The van der Waals surface area contributed by atoms with Crippen LogP contribution in [0.5, 0.6) is 11.5 Å². The van der Waals surface area contributed by atoms with Crippen LogP contribution in [0.25, 0.3) is 11.0 Å². The van der Waals surface area contributed by atoms with Crippen molar-refractivity contribution in [1.29, 1.82) is 0 Å². The molecule has 0 saturated heterocycles. The van der Waals surface area contributed by atoms with Crippen molar-refractivity contribution in [2.24, 2.45) is 5.10 Å². The van der Waals surface area contributed by atoms with Gasteiger partial charge in [-0.1, -0.05) is 28.1 Å². The number of furan rings is 1. The fraction of sp³-hybridized carbons (Fsp3) is 0.120. The molecule has 3 aromatic carbocycles. The Morgan fingerprint density at radius 3 is 2.74 bits per heavy atom. The van der Waals surface area contributed by atoms with Gasteiger partial charge >= 0.3 is 5.91 Å². The third-order valence-corrected chi connectivity index (χ3v) is 5.74. The van der Waals surface area contributed by atoms with E-state index in [2.05, 4.69) is 42.4 Å². The monoisotopic (exact) mass is 588 g/mol. The Bertz CT molecular complexity index is 1370. The lowest BCUT2D eigenvalue weighted by atomic mass is 10.2. The summed E-state index contributed by atoms with van der Waals surface area (Å²) in [5.74, 6) is 0.383. The molecule has 0 bridgehead atoms. The number of hydrogen-bond acceptors (Lipinski definition) is 5. The van der Waals surface area contributed by atoms with Gasteiger partial charge in [-0.3, -0.25) is 4.79 Å². The molecule has 34 heavy (non-hydrogen) atoms. The zero-order chi connectivity index (χ0) is 24.1. The molecular formula is C25H19Br2FN2O4. The fourth-order valence-corrected chi connectivity index (χ4v) is 4.53. The van der Waals surface area contributed by atoms with Crippen LogP contribution in [0.2, 0.25) is 0 Å². The van der Waals surface area contributed by atoms with Gasteiger partial charge in [0.15, 0.2) is 17.3 Å². The van der Waals surface area contributed by atoms with Crippen LogP contribution < -0.4 is 14.9 Å². The van der Waals surface area contributed by atoms with E-state index in [9.17, 15) is 9.18 Å². The largest absolute Gasteiger partial charge is 0.490 e. The van der Waals surface area contributed by atoms with Crippen molar-refractivity contribution in [3.63, 3.8) is 0 Å². The second kappa shape index (κ2) is 10.8. The van der Waals surface area contributed by atoms with Gasteiger partial charge in [0.25, 0.3) is 0 Å². The maximum atomic E-state index is 13.4. The molecule has 0 aliphatic carbocycles. The Labute approximate surface area is 212 Å². The number of hydrazone groups is 1. The van der Waals surface area contributed by atoms with Crippen molar-refractivity contribution >= 4 is 55.0 Å². The first-order chi connectivity index (χ1) is 16.4. The van der Waals surface area contributed by atoms with Gasteiger partial charge in [-0.25, -0.2) is 9.82 Å². The Kier molecular flexibility index (Phi) is 7.64. The summed E-state index contributed by atoms with van der Waals surface area (Å²) in [7, 11) is 0. The van der Waals surface area contributed by atoms with Crippen molar-refractivity contribution in [2.45, 2.75) is 13.5 Å². The van der Waals surface area contributed by atoms with E-state index in [1.165, 1.54) is 18.3 Å². The van der Waals surface area contributed by atoms with E-state index in [1.807, 2.05) is 19.1 Å². The Morgan fingerprint density at radius 2 is 1.94 bits per heavy atom. The molecule has 0 radical (unpaired) electrons. The lowest BCUT2D eigenvalue weighted by molar-refractivity contribution is 0.0929. The van der Waals surface area contributed by atoms with E-state index in [1.54, 1.807) is 36.4 Å². The van der Waals surface area contributed by atoms with E-state index < -0.39 is 5.91 Å². The molecule has 0 unspecified atom stereocenters. The van der Waals surface area contributed by atoms with Crippen LogP contribution in [0.1, 0.15) is 28.6 Å². The predicted molar refractivity (Wildman–Crippen MR) is 135 cm³/mol. The van der Waals surface area contributed by atoms with Gasteiger partial charge < -0.3 is 13.9 Å². The lowest BCUT2D eigenvalue weighted by Crippen LogP contribution is -2.16. The predicted octanol–water partition coefficient (Wildman–Crippen LogP) is 6.84. The molecule has 0 fully saturated rings. The molecule has 1 heterocycles. The summed E-state index contributed by atoms with van der Waals surface area (Å²) in [6, 6.07) is 16.8. The number of rotatable bonds is 8. The van der Waals surface area contributed by atoms with Gasteiger partial charge in [-0.05, 0) is 82.5 Å². The highest BCUT2D eigenvalue weighted by atomic mass is 79.9. The smallest absolute Gasteiger partial charge is 0.307 e. The SMILES string of the molecule is CCOc1cc(/C=N\NC(=O)c2cc3cc(Br)cc(Br)c3o2)ccc1OCc1cccc(F)c1. The van der Waals surface area contributed by atoms with Crippen LogP contribution in [-0.4, -0.2) is 18.7 Å². The summed E-state index contributed by atoms with van der Waals surface area (Å²) in [6.45, 7) is 2.50. The van der Waals surface area contributed by atoms with Gasteiger partial charge in [0.05, 0.1) is 17.3 Å². The average molecular weight is 590 g/mol. The van der Waals surface area contributed by atoms with Crippen LogP contribution in [-0.2, 0) is 6.61 Å². The zero-order valence-corrected chi connectivity index (χ0v) is 21.2. The van der Waals surface area contributed by atoms with Crippen molar-refractivity contribution in [2.75, 3.05) is 6.61 Å². The average Bonchev–Trinajstić information content (AvgIpc) is 3.23. The number of halogens is 3. The molecule has 0 spiro atoms. The molecule has 6 nitrogen and oxygen atoms in total. The summed E-state index contributed by atoms with van der Waals surface area (Å²) in [4.78, 5) is 12.5. The number of fused-ring (bicyclic) bond motifs is 1. The van der Waals surface area contributed by atoms with Gasteiger partial charge in [-0.2, -0.15) is 5.10 Å². The van der Waals surface area contributed by atoms with Gasteiger partial charge in [-0.15, -0.1) is 0 Å². The molecule has 0 aliphatic rings. The molecule has 1 amide bonds. The van der Waals surface area contributed by atoms with E-state index >= 15 is 0 Å². The molecule has 0 atom stereocenters. The van der Waals surface area contributed by atoms with Crippen LogP contribution in [0.4, 0.5) is 4.39 Å². The molecule has 0 aliphatic heterocycles. The Morgan fingerprint density at radius 1 is 1.09 bits per heavy atom. The molecule has 4 rings (SSSR count). The van der Waals surface area contributed by atoms with Crippen LogP contribution in [0.3, 0.4) is 0 Å². The van der Waals surface area contributed by atoms with Crippen LogP contribution >= 0.6 is 31.9 Å².